The minimum atomic E-state index is -2.84. The summed E-state index contributed by atoms with van der Waals surface area (Å²) in [6.07, 6.45) is -4.80. The predicted molar refractivity (Wildman–Crippen MR) is 61.1 cm³/mol. The van der Waals surface area contributed by atoms with Crippen LogP contribution in [-0.2, 0) is 23.4 Å². The van der Waals surface area contributed by atoms with Crippen LogP contribution in [0.25, 0.3) is 0 Å². The minimum absolute atomic E-state index is 0.392. The Balaban J connectivity index is 2.72. The summed E-state index contributed by atoms with van der Waals surface area (Å²) in [6, 6.07) is -0.948. The average Bonchev–Trinajstić information content (AvgIpc) is 2.33. The fourth-order valence-corrected chi connectivity index (χ4v) is 2.07. The van der Waals surface area contributed by atoms with E-state index in [4.69, 9.17) is 14.4 Å². The molecule has 0 radical (unpaired) electrons. The second-order valence-corrected chi connectivity index (χ2v) is 4.75. The maximum absolute atomic E-state index is 11.0. The monoisotopic (exact) mass is 298 g/mol. The van der Waals surface area contributed by atoms with Crippen LogP contribution in [0.2, 0.25) is 0 Å². The van der Waals surface area contributed by atoms with Crippen molar-refractivity contribution in [2.45, 2.75) is 37.6 Å². The number of carbonyl (C=O) groups is 1. The maximum atomic E-state index is 11.0. The molecule has 0 aromatic carbocycles. The smallest absolute Gasteiger partial charge is 0.388 e. The molecule has 0 aromatic rings. The molecule has 1 aliphatic heterocycles. The lowest BCUT2D eigenvalue weighted by molar-refractivity contribution is -0.261. The normalized spacial score (nSPS) is 35.8. The van der Waals surface area contributed by atoms with E-state index in [0.29, 0.717) is 0 Å². The Morgan fingerprint density at radius 2 is 2.05 bits per heavy atom. The molecule has 6 atom stereocenters. The third kappa shape index (κ3) is 4.43. The summed E-state index contributed by atoms with van der Waals surface area (Å²) in [5.41, 5.74) is 0. The van der Waals surface area contributed by atoms with Crippen molar-refractivity contribution in [2.75, 3.05) is 13.7 Å². The highest BCUT2D eigenvalue weighted by Crippen LogP contribution is 2.24. The van der Waals surface area contributed by atoms with Gasteiger partial charge in [0.2, 0.25) is 5.91 Å². The second-order valence-electron chi connectivity index (χ2n) is 4.02. The number of rotatable bonds is 5. The first-order valence-electron chi connectivity index (χ1n) is 5.47. The van der Waals surface area contributed by atoms with Gasteiger partial charge in [0, 0.05) is 18.6 Å². The highest BCUT2D eigenvalue weighted by atomic mass is 31.1. The van der Waals surface area contributed by atoms with Crippen LogP contribution in [0.1, 0.15) is 6.92 Å². The molecule has 0 aromatic heterocycles. The molecule has 0 aliphatic carbocycles. The summed E-state index contributed by atoms with van der Waals surface area (Å²) in [4.78, 5) is 19.5. The molecule has 0 saturated carbocycles. The van der Waals surface area contributed by atoms with Crippen molar-refractivity contribution in [3.63, 3.8) is 0 Å². The van der Waals surface area contributed by atoms with Crippen LogP contribution >= 0.6 is 8.25 Å². The number of nitrogens with one attached hydrogen (secondary N) is 1. The van der Waals surface area contributed by atoms with Gasteiger partial charge in [-0.1, -0.05) is 0 Å². The van der Waals surface area contributed by atoms with E-state index in [-0.39, 0.29) is 0 Å². The van der Waals surface area contributed by atoms with Gasteiger partial charge in [0.15, 0.2) is 6.29 Å². The molecule has 110 valence electrons. The number of aliphatic hydroxyl groups excluding tert-OH is 2. The number of aliphatic hydroxyl groups is 2. The van der Waals surface area contributed by atoms with Gasteiger partial charge in [-0.05, 0) is 0 Å². The van der Waals surface area contributed by atoms with E-state index in [1.807, 2.05) is 0 Å². The first-order chi connectivity index (χ1) is 8.86. The highest BCUT2D eigenvalue weighted by molar-refractivity contribution is 7.32. The lowest BCUT2D eigenvalue weighted by atomic mass is 9.97. The van der Waals surface area contributed by atoms with Crippen molar-refractivity contribution < 1.29 is 38.5 Å². The molecule has 9 nitrogen and oxygen atoms in total. The molecule has 19 heavy (non-hydrogen) atoms. The molecule has 1 amide bonds. The number of carbonyl (C=O) groups excluding carboxylic acids is 1. The van der Waals surface area contributed by atoms with E-state index in [1.54, 1.807) is 0 Å². The Kier molecular flexibility index (Phi) is 6.21. The fraction of sp³-hybridized carbons (Fsp3) is 0.889. The summed E-state index contributed by atoms with van der Waals surface area (Å²) in [5.74, 6) is -0.421. The Hall–Kier alpha value is -0.670. The zero-order valence-corrected chi connectivity index (χ0v) is 11.3. The third-order valence-corrected chi connectivity index (χ3v) is 3.02. The van der Waals surface area contributed by atoms with Gasteiger partial charge in [-0.15, -0.1) is 9.42 Å². The summed E-state index contributed by atoms with van der Waals surface area (Å²) in [7, 11) is -1.54. The van der Waals surface area contributed by atoms with E-state index in [2.05, 4.69) is 9.84 Å². The van der Waals surface area contributed by atoms with Crippen molar-refractivity contribution in [1.82, 2.24) is 5.32 Å². The Labute approximate surface area is 110 Å². The minimum Gasteiger partial charge on any atom is -0.388 e. The molecule has 10 heteroatoms. The van der Waals surface area contributed by atoms with Crippen molar-refractivity contribution in [3.8, 4) is 0 Å². The lowest BCUT2D eigenvalue weighted by Gasteiger charge is -2.41. The average molecular weight is 298 g/mol. The van der Waals surface area contributed by atoms with Crippen LogP contribution < -0.4 is 5.32 Å². The molecule has 1 heterocycles. The van der Waals surface area contributed by atoms with Crippen LogP contribution in [0.5, 0.6) is 0 Å². The number of hydrogen-bond donors (Lipinski definition) is 4. The van der Waals surface area contributed by atoms with Crippen molar-refractivity contribution >= 4 is 14.2 Å². The SMILES string of the molecule is COC1OC(CO[P+](=O)O)C(O)C(O)C1NC(C)=O. The van der Waals surface area contributed by atoms with Gasteiger partial charge in [0.05, 0.1) is 0 Å². The lowest BCUT2D eigenvalue weighted by Crippen LogP contribution is -2.64. The van der Waals surface area contributed by atoms with Gasteiger partial charge < -0.3 is 25.0 Å². The molecular formula is C9H17NO8P+. The molecule has 0 bridgehead atoms. The number of methoxy groups -OCH3 is 1. The Morgan fingerprint density at radius 1 is 1.42 bits per heavy atom. The largest absolute Gasteiger partial charge is 0.694 e. The maximum Gasteiger partial charge on any atom is 0.694 e. The standard InChI is InChI=1S/C9H16NO8P/c1-4(11)10-6-8(13)7(12)5(3-17-19(14)15)18-9(6)16-2/h5-9,12-13H,3H2,1-2H3,(H-,10,11,14,15)/p+1. The summed E-state index contributed by atoms with van der Waals surface area (Å²) < 4.78 is 25.1. The van der Waals surface area contributed by atoms with Gasteiger partial charge in [-0.25, -0.2) is 0 Å². The third-order valence-electron chi connectivity index (χ3n) is 2.65. The molecular weight excluding hydrogens is 281 g/mol. The summed E-state index contributed by atoms with van der Waals surface area (Å²) in [6.45, 7) is 0.855. The van der Waals surface area contributed by atoms with Crippen LogP contribution in [0.3, 0.4) is 0 Å². The molecule has 1 rings (SSSR count). The predicted octanol–water partition coefficient (Wildman–Crippen LogP) is -1.75. The van der Waals surface area contributed by atoms with E-state index < -0.39 is 51.4 Å². The van der Waals surface area contributed by atoms with Gasteiger partial charge in [-0.2, -0.15) is 0 Å². The van der Waals surface area contributed by atoms with Crippen molar-refractivity contribution in [3.05, 3.63) is 0 Å². The quantitative estimate of drug-likeness (QED) is 0.439. The number of ether oxygens (including phenoxy) is 2. The second kappa shape index (κ2) is 7.20. The zero-order valence-electron chi connectivity index (χ0n) is 10.4. The van der Waals surface area contributed by atoms with E-state index in [9.17, 15) is 19.6 Å². The number of hydrogen-bond acceptors (Lipinski definition) is 7. The first kappa shape index (κ1) is 16.4. The van der Waals surface area contributed by atoms with Crippen molar-refractivity contribution in [1.29, 1.82) is 0 Å². The van der Waals surface area contributed by atoms with E-state index >= 15 is 0 Å². The van der Waals surface area contributed by atoms with Crippen molar-refractivity contribution in [2.24, 2.45) is 0 Å². The van der Waals surface area contributed by atoms with Crippen LogP contribution in [0, 0.1) is 0 Å². The highest BCUT2D eigenvalue weighted by Gasteiger charge is 2.46. The molecule has 1 aliphatic rings. The van der Waals surface area contributed by atoms with Gasteiger partial charge in [-0.3, -0.25) is 4.79 Å². The summed E-state index contributed by atoms with van der Waals surface area (Å²) >= 11 is 0. The molecule has 1 fully saturated rings. The molecule has 0 spiro atoms. The van der Waals surface area contributed by atoms with E-state index in [1.165, 1.54) is 14.0 Å². The van der Waals surface area contributed by atoms with Crippen LogP contribution in [0.15, 0.2) is 0 Å². The summed E-state index contributed by atoms with van der Waals surface area (Å²) in [5, 5.41) is 22.1. The topological polar surface area (TPSA) is 135 Å². The Bertz CT molecular complexity index is 336. The first-order valence-corrected chi connectivity index (χ1v) is 6.60. The van der Waals surface area contributed by atoms with Crippen LogP contribution in [-0.4, -0.2) is 65.4 Å². The Morgan fingerprint density at radius 3 is 2.53 bits per heavy atom. The number of amides is 1. The van der Waals surface area contributed by atoms with Gasteiger partial charge >= 0.3 is 8.25 Å². The molecule has 4 N–H and O–H groups in total. The molecule has 1 saturated heterocycles. The van der Waals surface area contributed by atoms with E-state index in [0.717, 1.165) is 0 Å². The van der Waals surface area contributed by atoms with Gasteiger partial charge in [0.25, 0.3) is 0 Å². The fourth-order valence-electron chi connectivity index (χ4n) is 1.80. The zero-order chi connectivity index (χ0) is 14.6. The van der Waals surface area contributed by atoms with Crippen LogP contribution in [0.4, 0.5) is 0 Å². The van der Waals surface area contributed by atoms with Gasteiger partial charge in [0.1, 0.15) is 31.0 Å². The molecule has 6 unspecified atom stereocenters.